The number of nitrogens with zero attached hydrogens (tertiary/aromatic N) is 2. The number of aromatic nitrogens is 2. The minimum Gasteiger partial charge on any atom is -0.393 e. The van der Waals surface area contributed by atoms with Crippen LogP contribution < -0.4 is 11.1 Å². The molecule has 6 heteroatoms. The van der Waals surface area contributed by atoms with Gasteiger partial charge in [-0.3, -0.25) is 9.48 Å². The number of hydrogen-bond donors (Lipinski definition) is 2. The van der Waals surface area contributed by atoms with E-state index in [-0.39, 0.29) is 17.3 Å². The Morgan fingerprint density at radius 3 is 3.00 bits per heavy atom. The second kappa shape index (κ2) is 4.71. The van der Waals surface area contributed by atoms with Gasteiger partial charge in [0.05, 0.1) is 17.6 Å². The summed E-state index contributed by atoms with van der Waals surface area (Å²) in [7, 11) is 1.82. The molecule has 0 fully saturated rings. The second-order valence-electron chi connectivity index (χ2n) is 2.94. The van der Waals surface area contributed by atoms with Crippen LogP contribution in [0.1, 0.15) is 12.0 Å². The van der Waals surface area contributed by atoms with Gasteiger partial charge in [-0.2, -0.15) is 5.10 Å². The summed E-state index contributed by atoms with van der Waals surface area (Å²) in [5.74, 6) is -0.165. The minimum absolute atomic E-state index is 0.0929. The first kappa shape index (κ1) is 10.6. The van der Waals surface area contributed by atoms with E-state index in [0.29, 0.717) is 6.54 Å². The third-order valence-corrected chi connectivity index (χ3v) is 1.73. The van der Waals surface area contributed by atoms with Gasteiger partial charge >= 0.3 is 0 Å². The van der Waals surface area contributed by atoms with Crippen LogP contribution in [0.2, 0.25) is 0 Å². The van der Waals surface area contributed by atoms with Gasteiger partial charge in [0.15, 0.2) is 0 Å². The van der Waals surface area contributed by atoms with Gasteiger partial charge in [0.1, 0.15) is 0 Å². The molecule has 0 unspecified atom stereocenters. The van der Waals surface area contributed by atoms with Crippen LogP contribution in [0.3, 0.4) is 0 Å². The lowest BCUT2D eigenvalue weighted by molar-refractivity contribution is -0.120. The van der Waals surface area contributed by atoms with E-state index in [1.807, 2.05) is 13.2 Å². The fraction of sp³-hybridized carbons (Fsp3) is 0.375. The van der Waals surface area contributed by atoms with Crippen molar-refractivity contribution in [2.45, 2.75) is 13.0 Å². The molecule has 5 nitrogen and oxygen atoms in total. The lowest BCUT2D eigenvalue weighted by Crippen LogP contribution is -2.27. The summed E-state index contributed by atoms with van der Waals surface area (Å²) in [4.78, 5) is 11.3. The highest BCUT2D eigenvalue weighted by Crippen LogP contribution is 1.95. The van der Waals surface area contributed by atoms with Crippen LogP contribution in [0.25, 0.3) is 0 Å². The summed E-state index contributed by atoms with van der Waals surface area (Å²) in [6.45, 7) is 0.454. The fourth-order valence-electron chi connectivity index (χ4n) is 0.985. The fourth-order valence-corrected chi connectivity index (χ4v) is 1.12. The monoisotopic (exact) mass is 212 g/mol. The van der Waals surface area contributed by atoms with Crippen LogP contribution in [0.5, 0.6) is 0 Å². The highest BCUT2D eigenvalue weighted by Gasteiger charge is 2.03. The molecule has 0 aromatic carbocycles. The maximum absolute atomic E-state index is 11.1. The molecular formula is C8H12N4OS. The van der Waals surface area contributed by atoms with Crippen LogP contribution in [0.4, 0.5) is 0 Å². The molecule has 1 aromatic rings. The van der Waals surface area contributed by atoms with Crippen molar-refractivity contribution in [3.63, 3.8) is 0 Å². The lowest BCUT2D eigenvalue weighted by Gasteiger charge is -2.01. The van der Waals surface area contributed by atoms with Crippen LogP contribution in [-0.2, 0) is 18.4 Å². The number of carbonyl (C=O) groups is 1. The van der Waals surface area contributed by atoms with E-state index >= 15 is 0 Å². The molecule has 0 atom stereocenters. The van der Waals surface area contributed by atoms with Gasteiger partial charge in [0, 0.05) is 25.4 Å². The first-order chi connectivity index (χ1) is 6.58. The number of hydrogen-bond acceptors (Lipinski definition) is 3. The zero-order chi connectivity index (χ0) is 10.6. The average Bonchev–Trinajstić information content (AvgIpc) is 2.47. The Morgan fingerprint density at radius 2 is 2.50 bits per heavy atom. The highest BCUT2D eigenvalue weighted by atomic mass is 32.1. The molecule has 0 aliphatic rings. The molecule has 0 saturated heterocycles. The average molecular weight is 212 g/mol. The van der Waals surface area contributed by atoms with Crippen molar-refractivity contribution in [1.29, 1.82) is 0 Å². The van der Waals surface area contributed by atoms with Crippen molar-refractivity contribution >= 4 is 23.1 Å². The molecule has 0 bridgehead atoms. The SMILES string of the molecule is Cn1cc(CNC(=O)CC(N)=S)cn1. The molecule has 0 aliphatic carbocycles. The van der Waals surface area contributed by atoms with E-state index in [2.05, 4.69) is 22.6 Å². The summed E-state index contributed by atoms with van der Waals surface area (Å²) in [6.07, 6.45) is 3.62. The van der Waals surface area contributed by atoms with Crippen molar-refractivity contribution < 1.29 is 4.79 Å². The van der Waals surface area contributed by atoms with E-state index in [1.54, 1.807) is 10.9 Å². The molecule has 0 saturated carbocycles. The van der Waals surface area contributed by atoms with Crippen molar-refractivity contribution in [3.8, 4) is 0 Å². The number of thiocarbonyl (C=S) groups is 1. The predicted molar refractivity (Wildman–Crippen MR) is 56.5 cm³/mol. The molecule has 1 aromatic heterocycles. The first-order valence-corrected chi connectivity index (χ1v) is 4.51. The maximum atomic E-state index is 11.1. The quantitative estimate of drug-likeness (QED) is 0.673. The summed E-state index contributed by atoms with van der Waals surface area (Å²) in [5.41, 5.74) is 6.17. The third-order valence-electron chi connectivity index (χ3n) is 1.58. The summed E-state index contributed by atoms with van der Waals surface area (Å²) in [5, 5.41) is 6.65. The molecule has 0 radical (unpaired) electrons. The molecular weight excluding hydrogens is 200 g/mol. The Bertz CT molecular complexity index is 347. The molecule has 76 valence electrons. The van der Waals surface area contributed by atoms with Crippen molar-refractivity contribution in [1.82, 2.24) is 15.1 Å². The summed E-state index contributed by atoms with van der Waals surface area (Å²) < 4.78 is 1.68. The van der Waals surface area contributed by atoms with E-state index in [1.165, 1.54) is 0 Å². The summed E-state index contributed by atoms with van der Waals surface area (Å²) in [6, 6.07) is 0. The number of amides is 1. The number of carbonyl (C=O) groups excluding carboxylic acids is 1. The van der Waals surface area contributed by atoms with Gasteiger partial charge in [0.2, 0.25) is 5.91 Å². The molecule has 3 N–H and O–H groups in total. The number of nitrogens with one attached hydrogen (secondary N) is 1. The van der Waals surface area contributed by atoms with Crippen molar-refractivity contribution in [2.75, 3.05) is 0 Å². The maximum Gasteiger partial charge on any atom is 0.227 e. The first-order valence-electron chi connectivity index (χ1n) is 4.10. The van der Waals surface area contributed by atoms with Gasteiger partial charge < -0.3 is 11.1 Å². The van der Waals surface area contributed by atoms with Crippen LogP contribution in [-0.4, -0.2) is 20.7 Å². The highest BCUT2D eigenvalue weighted by molar-refractivity contribution is 7.80. The van der Waals surface area contributed by atoms with E-state index < -0.39 is 0 Å². The van der Waals surface area contributed by atoms with Gasteiger partial charge in [-0.05, 0) is 0 Å². The minimum atomic E-state index is -0.165. The van der Waals surface area contributed by atoms with Gasteiger partial charge in [-0.15, -0.1) is 0 Å². The number of nitrogens with two attached hydrogens (primary N) is 1. The Kier molecular flexibility index (Phi) is 3.58. The number of rotatable bonds is 4. The van der Waals surface area contributed by atoms with E-state index in [4.69, 9.17) is 5.73 Å². The van der Waals surface area contributed by atoms with Gasteiger partial charge in [0.25, 0.3) is 0 Å². The Balaban J connectivity index is 2.34. The smallest absolute Gasteiger partial charge is 0.227 e. The normalized spacial score (nSPS) is 9.79. The Morgan fingerprint density at radius 1 is 1.79 bits per heavy atom. The molecule has 0 spiro atoms. The standard InChI is InChI=1S/C8H12N4OS/c1-12-5-6(4-11-12)3-10-8(13)2-7(9)14/h4-5H,2-3H2,1H3,(H2,9,14)(H,10,13). The summed E-state index contributed by atoms with van der Waals surface area (Å²) >= 11 is 4.61. The number of aryl methyl sites for hydroxylation is 1. The lowest BCUT2D eigenvalue weighted by atomic mass is 10.3. The molecule has 14 heavy (non-hydrogen) atoms. The van der Waals surface area contributed by atoms with E-state index in [9.17, 15) is 4.79 Å². The Hall–Kier alpha value is -1.43. The molecule has 1 heterocycles. The van der Waals surface area contributed by atoms with E-state index in [0.717, 1.165) is 5.56 Å². The van der Waals surface area contributed by atoms with Gasteiger partial charge in [-0.1, -0.05) is 12.2 Å². The predicted octanol–water partition coefficient (Wildman–Crippen LogP) is -0.287. The van der Waals surface area contributed by atoms with Crippen molar-refractivity contribution in [3.05, 3.63) is 18.0 Å². The zero-order valence-electron chi connectivity index (χ0n) is 7.86. The molecule has 1 amide bonds. The van der Waals surface area contributed by atoms with Gasteiger partial charge in [-0.25, -0.2) is 0 Å². The molecule has 1 rings (SSSR count). The van der Waals surface area contributed by atoms with Crippen LogP contribution >= 0.6 is 12.2 Å². The van der Waals surface area contributed by atoms with Crippen LogP contribution in [0, 0.1) is 0 Å². The Labute approximate surface area is 87.3 Å². The zero-order valence-corrected chi connectivity index (χ0v) is 8.67. The van der Waals surface area contributed by atoms with Crippen LogP contribution in [0.15, 0.2) is 12.4 Å². The van der Waals surface area contributed by atoms with Crippen molar-refractivity contribution in [2.24, 2.45) is 12.8 Å². The topological polar surface area (TPSA) is 72.9 Å². The largest absolute Gasteiger partial charge is 0.393 e. The molecule has 0 aliphatic heterocycles. The second-order valence-corrected chi connectivity index (χ2v) is 3.47. The third kappa shape index (κ3) is 3.53.